The van der Waals surface area contributed by atoms with Gasteiger partial charge in [0.1, 0.15) is 16.3 Å². The Bertz CT molecular complexity index is 1230. The molecule has 0 unspecified atom stereocenters. The van der Waals surface area contributed by atoms with Crippen LogP contribution in [0.15, 0.2) is 47.6 Å². The zero-order valence-corrected chi connectivity index (χ0v) is 19.9. The Balaban J connectivity index is 1.23. The van der Waals surface area contributed by atoms with Crippen molar-refractivity contribution in [3.05, 3.63) is 53.9 Å². The van der Waals surface area contributed by atoms with Gasteiger partial charge in [-0.15, -0.1) is 0 Å². The number of sulfonamides is 1. The van der Waals surface area contributed by atoms with Gasteiger partial charge in [0, 0.05) is 50.4 Å². The number of fused-ring (bicyclic) bond motifs is 1. The molecule has 176 valence electrons. The maximum absolute atomic E-state index is 13.1. The van der Waals surface area contributed by atoms with Crippen molar-refractivity contribution in [2.24, 2.45) is 0 Å². The number of aromatic nitrogens is 2. The van der Waals surface area contributed by atoms with Crippen LogP contribution in [0.4, 0.5) is 0 Å². The molecule has 1 fully saturated rings. The Kier molecular flexibility index (Phi) is 6.99. The monoisotopic (exact) mass is 470 g/mol. The van der Waals surface area contributed by atoms with E-state index in [4.69, 9.17) is 4.74 Å². The molecule has 1 aliphatic heterocycles. The zero-order chi connectivity index (χ0) is 23.4. The van der Waals surface area contributed by atoms with E-state index < -0.39 is 10.0 Å². The van der Waals surface area contributed by atoms with Crippen LogP contribution < -0.4 is 4.74 Å². The van der Waals surface area contributed by atoms with Crippen LogP contribution >= 0.6 is 0 Å². The van der Waals surface area contributed by atoms with Crippen LogP contribution in [0.1, 0.15) is 30.4 Å². The summed E-state index contributed by atoms with van der Waals surface area (Å²) in [5, 5.41) is 0.582. The van der Waals surface area contributed by atoms with E-state index in [9.17, 15) is 13.2 Å². The Morgan fingerprint density at radius 2 is 1.91 bits per heavy atom. The molecule has 2 aromatic heterocycles. The number of carbonyl (C=O) groups excluding carboxylic acids is 1. The summed E-state index contributed by atoms with van der Waals surface area (Å²) in [7, 11) is -3.64. The highest BCUT2D eigenvalue weighted by Gasteiger charge is 2.31. The van der Waals surface area contributed by atoms with Gasteiger partial charge in [0.15, 0.2) is 0 Å². The topological polar surface area (TPSA) is 95.6 Å². The van der Waals surface area contributed by atoms with Gasteiger partial charge in [-0.3, -0.25) is 4.79 Å². The quantitative estimate of drug-likeness (QED) is 0.510. The van der Waals surface area contributed by atoms with Crippen molar-refractivity contribution >= 4 is 27.0 Å². The molecule has 0 spiro atoms. The molecule has 3 aromatic rings. The van der Waals surface area contributed by atoms with Crippen LogP contribution in [-0.4, -0.2) is 66.3 Å². The van der Waals surface area contributed by atoms with E-state index >= 15 is 0 Å². The number of piperazine rings is 1. The van der Waals surface area contributed by atoms with Gasteiger partial charge in [-0.2, -0.15) is 4.31 Å². The van der Waals surface area contributed by atoms with E-state index in [0.717, 1.165) is 29.7 Å². The highest BCUT2D eigenvalue weighted by Crippen LogP contribution is 2.25. The summed E-state index contributed by atoms with van der Waals surface area (Å²) in [6.07, 6.45) is 5.09. The van der Waals surface area contributed by atoms with Gasteiger partial charge >= 0.3 is 0 Å². The molecular formula is C24H30N4O4S. The van der Waals surface area contributed by atoms with E-state index in [0.29, 0.717) is 37.2 Å². The Labute approximate surface area is 194 Å². The molecule has 3 heterocycles. The number of nitrogens with one attached hydrogen (secondary N) is 1. The van der Waals surface area contributed by atoms with Gasteiger partial charge in [0.25, 0.3) is 0 Å². The number of hydrogen-bond acceptors (Lipinski definition) is 5. The lowest BCUT2D eigenvalue weighted by Gasteiger charge is -2.34. The van der Waals surface area contributed by atoms with E-state index in [2.05, 4.69) is 16.0 Å². The second-order valence-electron chi connectivity index (χ2n) is 8.41. The standard InChI is InChI=1S/C24H30N4O4S/c1-18-8-9-19(2)21(16-18)32-15-4-3-7-23(29)27-11-13-28(14-12-27)33(30,31)22-17-26-24-20(22)6-5-10-25-24/h5-6,8-10,16-17H,3-4,7,11-15H2,1-2H3,(H,25,26). The van der Waals surface area contributed by atoms with Gasteiger partial charge in [0.2, 0.25) is 15.9 Å². The highest BCUT2D eigenvalue weighted by atomic mass is 32.2. The van der Waals surface area contributed by atoms with Gasteiger partial charge < -0.3 is 14.6 Å². The number of unbranched alkanes of at least 4 members (excludes halogenated alkanes) is 1. The maximum Gasteiger partial charge on any atom is 0.245 e. The molecule has 0 radical (unpaired) electrons. The molecule has 0 saturated carbocycles. The molecule has 0 aliphatic carbocycles. The molecule has 9 heteroatoms. The second kappa shape index (κ2) is 9.93. The summed E-state index contributed by atoms with van der Waals surface area (Å²) in [4.78, 5) is 21.7. The SMILES string of the molecule is Cc1ccc(C)c(OCCCCC(=O)N2CCN(S(=O)(=O)c3c[nH]c4ncccc34)CC2)c1. The van der Waals surface area contributed by atoms with E-state index in [1.54, 1.807) is 23.2 Å². The fourth-order valence-electron chi connectivity index (χ4n) is 4.04. The lowest BCUT2D eigenvalue weighted by Crippen LogP contribution is -2.50. The average molecular weight is 471 g/mol. The van der Waals surface area contributed by atoms with Crippen LogP contribution in [0.3, 0.4) is 0 Å². The van der Waals surface area contributed by atoms with Crippen molar-refractivity contribution in [2.45, 2.75) is 38.0 Å². The van der Waals surface area contributed by atoms with E-state index in [1.807, 2.05) is 26.0 Å². The summed E-state index contributed by atoms with van der Waals surface area (Å²) in [6.45, 7) is 6.01. The van der Waals surface area contributed by atoms with E-state index in [1.165, 1.54) is 10.5 Å². The minimum Gasteiger partial charge on any atom is -0.493 e. The van der Waals surface area contributed by atoms with Crippen molar-refractivity contribution in [3.8, 4) is 5.75 Å². The average Bonchev–Trinajstić information content (AvgIpc) is 3.26. The summed E-state index contributed by atoms with van der Waals surface area (Å²) in [5.41, 5.74) is 2.81. The first-order chi connectivity index (χ1) is 15.9. The predicted molar refractivity (Wildman–Crippen MR) is 127 cm³/mol. The first-order valence-corrected chi connectivity index (χ1v) is 12.7. The Morgan fingerprint density at radius 3 is 2.70 bits per heavy atom. The number of hydrogen-bond donors (Lipinski definition) is 1. The number of pyridine rings is 1. The fourth-order valence-corrected chi connectivity index (χ4v) is 5.62. The second-order valence-corrected chi connectivity index (χ2v) is 10.3. The van der Waals surface area contributed by atoms with Crippen LogP contribution in [0, 0.1) is 13.8 Å². The first kappa shape index (κ1) is 23.3. The van der Waals surface area contributed by atoms with Crippen LogP contribution in [0.2, 0.25) is 0 Å². The van der Waals surface area contributed by atoms with Gasteiger partial charge in [-0.05, 0) is 56.0 Å². The molecule has 1 saturated heterocycles. The van der Waals surface area contributed by atoms with Crippen LogP contribution in [-0.2, 0) is 14.8 Å². The number of amides is 1. The Morgan fingerprint density at radius 1 is 1.12 bits per heavy atom. The third-order valence-corrected chi connectivity index (χ3v) is 7.95. The van der Waals surface area contributed by atoms with Crippen molar-refractivity contribution in [2.75, 3.05) is 32.8 Å². The molecule has 0 atom stereocenters. The molecule has 0 bridgehead atoms. The maximum atomic E-state index is 13.1. The van der Waals surface area contributed by atoms with Gasteiger partial charge in [-0.25, -0.2) is 13.4 Å². The van der Waals surface area contributed by atoms with E-state index in [-0.39, 0.29) is 23.9 Å². The minimum atomic E-state index is -3.64. The lowest BCUT2D eigenvalue weighted by atomic mass is 10.1. The summed E-state index contributed by atoms with van der Waals surface area (Å²) < 4.78 is 33.5. The molecule has 8 nitrogen and oxygen atoms in total. The number of aryl methyl sites for hydroxylation is 2. The lowest BCUT2D eigenvalue weighted by molar-refractivity contribution is -0.132. The molecule has 33 heavy (non-hydrogen) atoms. The normalized spacial score (nSPS) is 15.2. The highest BCUT2D eigenvalue weighted by molar-refractivity contribution is 7.89. The van der Waals surface area contributed by atoms with Gasteiger partial charge in [-0.1, -0.05) is 12.1 Å². The van der Waals surface area contributed by atoms with Crippen LogP contribution in [0.25, 0.3) is 11.0 Å². The van der Waals surface area contributed by atoms with Crippen molar-refractivity contribution < 1.29 is 17.9 Å². The molecule has 1 aromatic carbocycles. The minimum absolute atomic E-state index is 0.0649. The van der Waals surface area contributed by atoms with Crippen molar-refractivity contribution in [1.29, 1.82) is 0 Å². The van der Waals surface area contributed by atoms with Crippen molar-refractivity contribution in [1.82, 2.24) is 19.2 Å². The smallest absolute Gasteiger partial charge is 0.245 e. The number of nitrogens with zero attached hydrogens (tertiary/aromatic N) is 3. The van der Waals surface area contributed by atoms with Gasteiger partial charge in [0.05, 0.1) is 6.61 Å². The summed E-state index contributed by atoms with van der Waals surface area (Å²) in [6, 6.07) is 9.60. The molecule has 4 rings (SSSR count). The van der Waals surface area contributed by atoms with Crippen molar-refractivity contribution in [3.63, 3.8) is 0 Å². The molecular weight excluding hydrogens is 440 g/mol. The number of aromatic amines is 1. The predicted octanol–water partition coefficient (Wildman–Crippen LogP) is 3.26. The number of H-pyrrole nitrogens is 1. The number of carbonyl (C=O) groups is 1. The number of rotatable bonds is 8. The largest absolute Gasteiger partial charge is 0.493 e. The summed E-state index contributed by atoms with van der Waals surface area (Å²) >= 11 is 0. The zero-order valence-electron chi connectivity index (χ0n) is 19.1. The fraction of sp³-hybridized carbons (Fsp3) is 0.417. The molecule has 1 N–H and O–H groups in total. The third kappa shape index (κ3) is 5.20. The molecule has 1 amide bonds. The Hall–Kier alpha value is -2.91. The number of benzene rings is 1. The number of ether oxygens (including phenoxy) is 1. The first-order valence-electron chi connectivity index (χ1n) is 11.3. The molecule has 1 aliphatic rings. The third-order valence-electron chi connectivity index (χ3n) is 6.01. The summed E-state index contributed by atoms with van der Waals surface area (Å²) in [5.74, 6) is 0.958. The van der Waals surface area contributed by atoms with Crippen LogP contribution in [0.5, 0.6) is 5.75 Å².